The number of aryl methyl sites for hydroxylation is 1. The minimum atomic E-state index is -0.818. The second kappa shape index (κ2) is 11.4. The minimum Gasteiger partial charge on any atom is -0.507 e. The zero-order valence-electron chi connectivity index (χ0n) is 20.5. The van der Waals surface area contributed by atoms with Gasteiger partial charge in [-0.3, -0.25) is 14.5 Å². The molecule has 2 aliphatic heterocycles. The van der Waals surface area contributed by atoms with E-state index in [2.05, 4.69) is 11.5 Å². The van der Waals surface area contributed by atoms with E-state index < -0.39 is 23.5 Å². The molecule has 2 aromatic carbocycles. The molecule has 2 aliphatic rings. The molecule has 1 atom stereocenters. The van der Waals surface area contributed by atoms with Crippen LogP contribution in [0.4, 0.5) is 0 Å². The summed E-state index contributed by atoms with van der Waals surface area (Å²) in [7, 11) is 0. The van der Waals surface area contributed by atoms with Crippen LogP contribution < -0.4 is 4.74 Å². The van der Waals surface area contributed by atoms with Crippen molar-refractivity contribution in [3.63, 3.8) is 0 Å². The van der Waals surface area contributed by atoms with E-state index in [1.165, 1.54) is 11.0 Å². The number of phenolic OH excluding ortho intramolecular Hbond substituents is 1. The molecule has 0 aromatic heterocycles. The summed E-state index contributed by atoms with van der Waals surface area (Å²) in [5.74, 6) is -1.45. The maximum atomic E-state index is 13.3. The Labute approximate surface area is 211 Å². The number of amides is 1. The second-order valence-electron chi connectivity index (χ2n) is 8.99. The largest absolute Gasteiger partial charge is 0.507 e. The SMILES string of the molecule is C=CCOc1cccc([C@@H]2C(=C(O)c3cc(C)ccc3O)C(=O)C(=O)N2CCCN2CCOCC2)c1. The number of ketones is 1. The molecule has 0 unspecified atom stereocenters. The van der Waals surface area contributed by atoms with Crippen LogP contribution in [0.2, 0.25) is 0 Å². The quantitative estimate of drug-likeness (QED) is 0.240. The maximum Gasteiger partial charge on any atom is 0.295 e. The molecule has 0 saturated carbocycles. The number of aromatic hydroxyl groups is 1. The summed E-state index contributed by atoms with van der Waals surface area (Å²) >= 11 is 0. The number of Topliss-reactive ketones (excluding diaryl/α,β-unsaturated/α-hetero) is 1. The van der Waals surface area contributed by atoms with Gasteiger partial charge < -0.3 is 24.6 Å². The first-order valence-electron chi connectivity index (χ1n) is 12.1. The highest BCUT2D eigenvalue weighted by Gasteiger charge is 2.46. The number of carbonyl (C=O) groups excluding carboxylic acids is 2. The molecular weight excluding hydrogens is 460 g/mol. The number of aliphatic hydroxyl groups excluding tert-OH is 1. The summed E-state index contributed by atoms with van der Waals surface area (Å²) in [6.07, 6.45) is 2.29. The topological polar surface area (TPSA) is 99.5 Å². The lowest BCUT2D eigenvalue weighted by atomic mass is 9.94. The predicted octanol–water partition coefficient (Wildman–Crippen LogP) is 3.41. The Bertz CT molecular complexity index is 1170. The van der Waals surface area contributed by atoms with E-state index in [9.17, 15) is 19.8 Å². The fourth-order valence-corrected chi connectivity index (χ4v) is 4.66. The van der Waals surface area contributed by atoms with Crippen LogP contribution >= 0.6 is 0 Å². The zero-order chi connectivity index (χ0) is 25.7. The Morgan fingerprint density at radius 2 is 1.94 bits per heavy atom. The van der Waals surface area contributed by atoms with Crippen molar-refractivity contribution < 1.29 is 29.3 Å². The van der Waals surface area contributed by atoms with Gasteiger partial charge in [0.25, 0.3) is 11.7 Å². The average molecular weight is 493 g/mol. The molecule has 8 nitrogen and oxygen atoms in total. The Hall–Kier alpha value is -3.62. The van der Waals surface area contributed by atoms with Gasteiger partial charge in [0.1, 0.15) is 23.9 Å². The van der Waals surface area contributed by atoms with Crippen LogP contribution in [0.15, 0.2) is 60.7 Å². The number of hydrogen-bond acceptors (Lipinski definition) is 7. The van der Waals surface area contributed by atoms with Crippen LogP contribution in [0, 0.1) is 6.92 Å². The van der Waals surface area contributed by atoms with Crippen LogP contribution in [0.5, 0.6) is 11.5 Å². The van der Waals surface area contributed by atoms with Crippen LogP contribution in [0.1, 0.15) is 29.2 Å². The Morgan fingerprint density at radius 1 is 1.17 bits per heavy atom. The van der Waals surface area contributed by atoms with E-state index in [0.29, 0.717) is 44.1 Å². The van der Waals surface area contributed by atoms with Crippen molar-refractivity contribution in [2.75, 3.05) is 46.0 Å². The third kappa shape index (κ3) is 5.45. The molecule has 0 spiro atoms. The monoisotopic (exact) mass is 492 g/mol. The summed E-state index contributed by atoms with van der Waals surface area (Å²) < 4.78 is 11.1. The number of hydrogen-bond donors (Lipinski definition) is 2. The minimum absolute atomic E-state index is 0.0480. The number of carbonyl (C=O) groups is 2. The van der Waals surface area contributed by atoms with E-state index in [1.54, 1.807) is 42.5 Å². The van der Waals surface area contributed by atoms with Gasteiger partial charge in [-0.2, -0.15) is 0 Å². The molecule has 0 radical (unpaired) electrons. The van der Waals surface area contributed by atoms with Gasteiger partial charge in [-0.25, -0.2) is 0 Å². The molecule has 2 N–H and O–H groups in total. The Morgan fingerprint density at radius 3 is 2.69 bits per heavy atom. The molecule has 2 aromatic rings. The molecular formula is C28H32N2O6. The molecule has 2 saturated heterocycles. The number of nitrogens with zero attached hydrogens (tertiary/aromatic N) is 2. The lowest BCUT2D eigenvalue weighted by molar-refractivity contribution is -0.140. The number of morpholine rings is 1. The first-order chi connectivity index (χ1) is 17.4. The van der Waals surface area contributed by atoms with Gasteiger partial charge in [0.05, 0.1) is 30.4 Å². The van der Waals surface area contributed by atoms with Crippen molar-refractivity contribution in [2.24, 2.45) is 0 Å². The normalized spacial score (nSPS) is 20.0. The standard InChI is InChI=1S/C28H32N2O6/c1-3-14-36-21-7-4-6-20(18-21)25-24(26(32)22-17-19(2)8-9-23(22)31)27(33)28(34)30(25)11-5-10-29-12-15-35-16-13-29/h3-4,6-9,17-18,25,31-32H,1,5,10-16H2,2H3/t25-/m1/s1. The number of ether oxygens (including phenoxy) is 2. The van der Waals surface area contributed by atoms with Crippen molar-refractivity contribution >= 4 is 17.4 Å². The molecule has 2 fully saturated rings. The molecule has 1 amide bonds. The van der Waals surface area contributed by atoms with E-state index >= 15 is 0 Å². The zero-order valence-corrected chi connectivity index (χ0v) is 20.5. The summed E-state index contributed by atoms with van der Waals surface area (Å²) in [6, 6.07) is 11.1. The van der Waals surface area contributed by atoms with Crippen molar-refractivity contribution in [1.29, 1.82) is 0 Å². The highest BCUT2D eigenvalue weighted by Crippen LogP contribution is 2.41. The van der Waals surface area contributed by atoms with Gasteiger partial charge in [0, 0.05) is 26.2 Å². The highest BCUT2D eigenvalue weighted by molar-refractivity contribution is 6.46. The van der Waals surface area contributed by atoms with Crippen molar-refractivity contribution in [1.82, 2.24) is 9.80 Å². The Kier molecular flexibility index (Phi) is 8.07. The maximum absolute atomic E-state index is 13.3. The average Bonchev–Trinajstić information content (AvgIpc) is 3.14. The Balaban J connectivity index is 1.72. The third-order valence-corrected chi connectivity index (χ3v) is 6.47. The number of likely N-dealkylation sites (tertiary alicyclic amines) is 1. The summed E-state index contributed by atoms with van der Waals surface area (Å²) in [5.41, 5.74) is 1.50. The lowest BCUT2D eigenvalue weighted by Gasteiger charge is -2.29. The van der Waals surface area contributed by atoms with Crippen LogP contribution in [0.25, 0.3) is 5.76 Å². The first-order valence-corrected chi connectivity index (χ1v) is 12.1. The number of benzene rings is 2. The third-order valence-electron chi connectivity index (χ3n) is 6.47. The molecule has 8 heteroatoms. The second-order valence-corrected chi connectivity index (χ2v) is 8.99. The van der Waals surface area contributed by atoms with E-state index in [-0.39, 0.29) is 16.9 Å². The number of aliphatic hydroxyl groups is 1. The molecule has 36 heavy (non-hydrogen) atoms. The summed E-state index contributed by atoms with van der Waals surface area (Å²) in [6.45, 7) is 9.91. The molecule has 4 rings (SSSR count). The summed E-state index contributed by atoms with van der Waals surface area (Å²) in [4.78, 5) is 30.3. The lowest BCUT2D eigenvalue weighted by Crippen LogP contribution is -2.38. The highest BCUT2D eigenvalue weighted by atomic mass is 16.5. The molecule has 2 heterocycles. The summed E-state index contributed by atoms with van der Waals surface area (Å²) in [5, 5.41) is 21.7. The molecule has 190 valence electrons. The van der Waals surface area contributed by atoms with Gasteiger partial charge in [-0.15, -0.1) is 0 Å². The van der Waals surface area contributed by atoms with Gasteiger partial charge >= 0.3 is 0 Å². The fraction of sp³-hybridized carbons (Fsp3) is 0.357. The number of rotatable bonds is 9. The molecule has 0 aliphatic carbocycles. The van der Waals surface area contributed by atoms with Crippen molar-refractivity contribution in [2.45, 2.75) is 19.4 Å². The fourth-order valence-electron chi connectivity index (χ4n) is 4.66. The van der Waals surface area contributed by atoms with Gasteiger partial charge in [-0.1, -0.05) is 36.4 Å². The first kappa shape index (κ1) is 25.5. The van der Waals surface area contributed by atoms with Crippen LogP contribution in [-0.2, 0) is 14.3 Å². The predicted molar refractivity (Wildman–Crippen MR) is 136 cm³/mol. The van der Waals surface area contributed by atoms with Crippen molar-refractivity contribution in [3.8, 4) is 11.5 Å². The van der Waals surface area contributed by atoms with Gasteiger partial charge in [0.15, 0.2) is 0 Å². The van der Waals surface area contributed by atoms with Crippen LogP contribution in [-0.4, -0.2) is 77.7 Å². The molecule has 0 bridgehead atoms. The van der Waals surface area contributed by atoms with E-state index in [1.807, 2.05) is 6.92 Å². The van der Waals surface area contributed by atoms with E-state index in [4.69, 9.17) is 9.47 Å². The van der Waals surface area contributed by atoms with Crippen LogP contribution in [0.3, 0.4) is 0 Å². The van der Waals surface area contributed by atoms with Gasteiger partial charge in [0.2, 0.25) is 0 Å². The van der Waals surface area contributed by atoms with Gasteiger partial charge in [-0.05, 0) is 43.2 Å². The van der Waals surface area contributed by atoms with Crippen molar-refractivity contribution in [3.05, 3.63) is 77.4 Å². The number of phenols is 1. The van der Waals surface area contributed by atoms with E-state index in [0.717, 1.165) is 25.2 Å². The smallest absolute Gasteiger partial charge is 0.295 e.